The lowest BCUT2D eigenvalue weighted by atomic mass is 9.99. The van der Waals surface area contributed by atoms with Crippen molar-refractivity contribution < 1.29 is 4.79 Å². The number of carbonyl (C=O) groups is 1. The van der Waals surface area contributed by atoms with Crippen molar-refractivity contribution in [1.82, 2.24) is 5.32 Å². The molecule has 2 aromatic rings. The van der Waals surface area contributed by atoms with Gasteiger partial charge in [0.2, 0.25) is 5.91 Å². The number of hydrogen-bond acceptors (Lipinski definition) is 2. The van der Waals surface area contributed by atoms with Crippen molar-refractivity contribution in [3.8, 4) is 0 Å². The van der Waals surface area contributed by atoms with E-state index in [-0.39, 0.29) is 5.91 Å². The molecule has 1 amide bonds. The first-order chi connectivity index (χ1) is 7.74. The van der Waals surface area contributed by atoms with Gasteiger partial charge in [0.25, 0.3) is 0 Å². The Kier molecular flexibility index (Phi) is 2.88. The summed E-state index contributed by atoms with van der Waals surface area (Å²) < 4.78 is 0. The van der Waals surface area contributed by atoms with Gasteiger partial charge in [-0.1, -0.05) is 42.5 Å². The van der Waals surface area contributed by atoms with E-state index in [0.29, 0.717) is 0 Å². The number of nitrogens with one attached hydrogen (secondary N) is 1. The summed E-state index contributed by atoms with van der Waals surface area (Å²) >= 11 is 0. The van der Waals surface area contributed by atoms with Gasteiger partial charge in [0.15, 0.2) is 0 Å². The van der Waals surface area contributed by atoms with E-state index in [1.165, 1.54) is 0 Å². The molecule has 0 aliphatic heterocycles. The molecule has 0 bridgehead atoms. The van der Waals surface area contributed by atoms with E-state index >= 15 is 0 Å². The van der Waals surface area contributed by atoms with Gasteiger partial charge < -0.3 is 11.1 Å². The van der Waals surface area contributed by atoms with E-state index in [2.05, 4.69) is 5.32 Å². The first-order valence-electron chi connectivity index (χ1n) is 5.19. The summed E-state index contributed by atoms with van der Waals surface area (Å²) in [4.78, 5) is 11.5. The first kappa shape index (κ1) is 10.6. The molecule has 3 heteroatoms. The van der Waals surface area contributed by atoms with Gasteiger partial charge in [-0.25, -0.2) is 0 Å². The average molecular weight is 214 g/mol. The molecule has 0 saturated heterocycles. The van der Waals surface area contributed by atoms with Crippen LogP contribution in [-0.4, -0.2) is 13.0 Å². The Bertz CT molecular complexity index is 517. The molecule has 3 N–H and O–H groups in total. The van der Waals surface area contributed by atoms with Gasteiger partial charge in [-0.2, -0.15) is 0 Å². The van der Waals surface area contributed by atoms with Gasteiger partial charge >= 0.3 is 0 Å². The minimum absolute atomic E-state index is 0.170. The first-order valence-corrected chi connectivity index (χ1v) is 5.19. The fourth-order valence-electron chi connectivity index (χ4n) is 1.82. The molecule has 0 radical (unpaired) electrons. The zero-order valence-corrected chi connectivity index (χ0v) is 9.10. The molecule has 0 aromatic heterocycles. The van der Waals surface area contributed by atoms with Crippen molar-refractivity contribution in [2.24, 2.45) is 5.73 Å². The van der Waals surface area contributed by atoms with Crippen LogP contribution in [0.1, 0.15) is 11.6 Å². The zero-order chi connectivity index (χ0) is 11.5. The van der Waals surface area contributed by atoms with Crippen LogP contribution in [0.4, 0.5) is 0 Å². The Morgan fingerprint density at radius 2 is 1.88 bits per heavy atom. The highest BCUT2D eigenvalue weighted by molar-refractivity contribution is 5.92. The van der Waals surface area contributed by atoms with E-state index in [0.717, 1.165) is 16.3 Å². The maximum atomic E-state index is 11.5. The van der Waals surface area contributed by atoms with Crippen molar-refractivity contribution in [1.29, 1.82) is 0 Å². The summed E-state index contributed by atoms with van der Waals surface area (Å²) in [5, 5.41) is 4.69. The van der Waals surface area contributed by atoms with Crippen LogP contribution < -0.4 is 11.1 Å². The fraction of sp³-hybridized carbons (Fsp3) is 0.154. The molecule has 0 aliphatic rings. The zero-order valence-electron chi connectivity index (χ0n) is 9.10. The van der Waals surface area contributed by atoms with Gasteiger partial charge in [-0.15, -0.1) is 0 Å². The van der Waals surface area contributed by atoms with Gasteiger partial charge in [-0.05, 0) is 16.3 Å². The van der Waals surface area contributed by atoms with Crippen LogP contribution in [0, 0.1) is 0 Å². The van der Waals surface area contributed by atoms with E-state index in [9.17, 15) is 4.79 Å². The van der Waals surface area contributed by atoms with Gasteiger partial charge in [0, 0.05) is 7.05 Å². The third-order valence-electron chi connectivity index (χ3n) is 2.69. The molecular formula is C13H14N2O. The molecule has 2 aromatic carbocycles. The lowest BCUT2D eigenvalue weighted by molar-refractivity contribution is -0.121. The molecule has 3 nitrogen and oxygen atoms in total. The molecule has 0 saturated carbocycles. The van der Waals surface area contributed by atoms with Gasteiger partial charge in [0.1, 0.15) is 6.04 Å². The maximum absolute atomic E-state index is 11.5. The molecule has 2 rings (SSSR count). The summed E-state index contributed by atoms with van der Waals surface area (Å²) in [6.45, 7) is 0. The van der Waals surface area contributed by atoms with Crippen LogP contribution in [0.5, 0.6) is 0 Å². The summed E-state index contributed by atoms with van der Waals surface area (Å²) in [7, 11) is 1.59. The highest BCUT2D eigenvalue weighted by Gasteiger charge is 2.15. The topological polar surface area (TPSA) is 55.1 Å². The predicted molar refractivity (Wildman–Crippen MR) is 64.9 cm³/mol. The highest BCUT2D eigenvalue weighted by Crippen LogP contribution is 2.22. The standard InChI is InChI=1S/C13H14N2O/c1-15-13(16)12(14)11-8-4-6-9-5-2-3-7-10(9)11/h2-8,12H,14H2,1H3,(H,15,16)/t12-/m1/s1. The second-order valence-electron chi connectivity index (χ2n) is 3.66. The third kappa shape index (κ3) is 1.77. The van der Waals surface area contributed by atoms with Crippen molar-refractivity contribution in [3.05, 3.63) is 48.0 Å². The molecule has 0 spiro atoms. The van der Waals surface area contributed by atoms with Crippen LogP contribution >= 0.6 is 0 Å². The minimum atomic E-state index is -0.615. The van der Waals surface area contributed by atoms with Crippen LogP contribution in [0.25, 0.3) is 10.8 Å². The largest absolute Gasteiger partial charge is 0.358 e. The van der Waals surface area contributed by atoms with Crippen molar-refractivity contribution in [2.75, 3.05) is 7.05 Å². The van der Waals surface area contributed by atoms with E-state index < -0.39 is 6.04 Å². The summed E-state index contributed by atoms with van der Waals surface area (Å²) in [6, 6.07) is 13.1. The number of benzene rings is 2. The van der Waals surface area contributed by atoms with Crippen LogP contribution in [0.3, 0.4) is 0 Å². The number of amides is 1. The van der Waals surface area contributed by atoms with Crippen LogP contribution in [0.15, 0.2) is 42.5 Å². The van der Waals surface area contributed by atoms with Crippen LogP contribution in [-0.2, 0) is 4.79 Å². The quantitative estimate of drug-likeness (QED) is 0.797. The normalized spacial score (nSPS) is 12.4. The highest BCUT2D eigenvalue weighted by atomic mass is 16.2. The second kappa shape index (κ2) is 4.33. The number of fused-ring (bicyclic) bond motifs is 1. The Labute approximate surface area is 94.3 Å². The average Bonchev–Trinajstić information content (AvgIpc) is 2.36. The molecule has 16 heavy (non-hydrogen) atoms. The molecule has 0 unspecified atom stereocenters. The summed E-state index contributed by atoms with van der Waals surface area (Å²) in [5.74, 6) is -0.170. The number of nitrogens with two attached hydrogens (primary N) is 1. The molecule has 0 aliphatic carbocycles. The number of likely N-dealkylation sites (N-methyl/N-ethyl adjacent to an activating group) is 1. The number of carbonyl (C=O) groups excluding carboxylic acids is 1. The molecule has 0 heterocycles. The van der Waals surface area contributed by atoms with Crippen molar-refractivity contribution >= 4 is 16.7 Å². The third-order valence-corrected chi connectivity index (χ3v) is 2.69. The molecular weight excluding hydrogens is 200 g/mol. The monoisotopic (exact) mass is 214 g/mol. The Balaban J connectivity index is 2.56. The predicted octanol–water partition coefficient (Wildman–Crippen LogP) is 1.59. The molecule has 82 valence electrons. The smallest absolute Gasteiger partial charge is 0.241 e. The Morgan fingerprint density at radius 3 is 2.62 bits per heavy atom. The maximum Gasteiger partial charge on any atom is 0.241 e. The minimum Gasteiger partial charge on any atom is -0.358 e. The number of rotatable bonds is 2. The van der Waals surface area contributed by atoms with Crippen LogP contribution in [0.2, 0.25) is 0 Å². The molecule has 0 fully saturated rings. The van der Waals surface area contributed by atoms with Gasteiger partial charge in [0.05, 0.1) is 0 Å². The fourth-order valence-corrected chi connectivity index (χ4v) is 1.82. The molecule has 1 atom stereocenters. The lowest BCUT2D eigenvalue weighted by Gasteiger charge is -2.13. The van der Waals surface area contributed by atoms with Crippen molar-refractivity contribution in [2.45, 2.75) is 6.04 Å². The SMILES string of the molecule is CNC(=O)[C@H](N)c1cccc2ccccc12. The van der Waals surface area contributed by atoms with E-state index in [1.807, 2.05) is 42.5 Å². The van der Waals surface area contributed by atoms with E-state index in [1.54, 1.807) is 7.05 Å². The lowest BCUT2D eigenvalue weighted by Crippen LogP contribution is -2.31. The Morgan fingerprint density at radius 1 is 1.19 bits per heavy atom. The summed E-state index contributed by atoms with van der Waals surface area (Å²) in [5.41, 5.74) is 6.76. The second-order valence-corrected chi connectivity index (χ2v) is 3.66. The number of hydrogen-bond donors (Lipinski definition) is 2. The van der Waals surface area contributed by atoms with Crippen molar-refractivity contribution in [3.63, 3.8) is 0 Å². The van der Waals surface area contributed by atoms with E-state index in [4.69, 9.17) is 5.73 Å². The van der Waals surface area contributed by atoms with Gasteiger partial charge in [-0.3, -0.25) is 4.79 Å². The summed E-state index contributed by atoms with van der Waals surface area (Å²) in [6.07, 6.45) is 0. The Hall–Kier alpha value is -1.87.